The van der Waals surface area contributed by atoms with Crippen LogP contribution in [0.2, 0.25) is 0 Å². The quantitative estimate of drug-likeness (QED) is 0.525. The van der Waals surface area contributed by atoms with Gasteiger partial charge in [0.2, 0.25) is 5.78 Å². The number of hydrogen-bond donors (Lipinski definition) is 2. The Morgan fingerprint density at radius 1 is 1.33 bits per heavy atom. The first-order valence-corrected chi connectivity index (χ1v) is 7.86. The number of hydrogen-bond acceptors (Lipinski definition) is 7. The summed E-state index contributed by atoms with van der Waals surface area (Å²) in [6.07, 6.45) is -0.918. The van der Waals surface area contributed by atoms with Crippen LogP contribution in [-0.2, 0) is 19.1 Å². The van der Waals surface area contributed by atoms with Crippen LogP contribution in [0.3, 0.4) is 0 Å². The number of rotatable bonds is 3. The number of piperazine rings is 1. The highest BCUT2D eigenvalue weighted by Crippen LogP contribution is 2.55. The van der Waals surface area contributed by atoms with Gasteiger partial charge in [-0.05, 0) is 13.8 Å². The second kappa shape index (κ2) is 4.67. The molecular weight excluding hydrogens is 314 g/mol. The molecule has 2 saturated heterocycles. The number of ketones is 2. The molecular formula is C16H19N3O5. The number of nitrogens with two attached hydrogens (primary N) is 1. The first kappa shape index (κ1) is 15.3. The lowest BCUT2D eigenvalue weighted by atomic mass is 9.81. The van der Waals surface area contributed by atoms with Crippen molar-refractivity contribution in [2.75, 3.05) is 20.3 Å². The Bertz CT molecular complexity index is 755. The monoisotopic (exact) mass is 333 g/mol. The van der Waals surface area contributed by atoms with E-state index in [1.807, 2.05) is 4.90 Å². The summed E-state index contributed by atoms with van der Waals surface area (Å²) >= 11 is 0. The summed E-state index contributed by atoms with van der Waals surface area (Å²) in [5, 5.41) is 3.31. The smallest absolute Gasteiger partial charge is 0.404 e. The standard InChI is InChI=1S/C16H19N3O5/c1-6-7(2)13(21)11-10(12(6)20)8(5-24-15(17)22)16(23-3)14-9(18-14)4-19(11)16/h8-9,14,18H,4-5H2,1-3H3,(H2,17,22)/t8-,9+,14+,16-/m1/s1. The Morgan fingerprint density at radius 3 is 2.62 bits per heavy atom. The highest BCUT2D eigenvalue weighted by Gasteiger charge is 2.72. The number of ether oxygens (including phenoxy) is 2. The zero-order chi connectivity index (χ0) is 17.4. The van der Waals surface area contributed by atoms with Crippen LogP contribution in [0.15, 0.2) is 22.4 Å². The van der Waals surface area contributed by atoms with Crippen LogP contribution in [0.25, 0.3) is 0 Å². The summed E-state index contributed by atoms with van der Waals surface area (Å²) in [5.41, 5.74) is 5.85. The average Bonchev–Trinajstić information content (AvgIpc) is 3.16. The Labute approximate surface area is 138 Å². The lowest BCUT2D eigenvalue weighted by Gasteiger charge is -2.39. The van der Waals surface area contributed by atoms with Crippen molar-refractivity contribution < 1.29 is 23.9 Å². The number of fused-ring (bicyclic) bond motifs is 4. The molecule has 4 atom stereocenters. The Balaban J connectivity index is 1.85. The van der Waals surface area contributed by atoms with E-state index >= 15 is 0 Å². The van der Waals surface area contributed by atoms with E-state index in [2.05, 4.69) is 5.32 Å². The Hall–Kier alpha value is -2.19. The summed E-state index contributed by atoms with van der Waals surface area (Å²) in [7, 11) is 1.55. The van der Waals surface area contributed by atoms with E-state index in [-0.39, 0.29) is 30.3 Å². The largest absolute Gasteiger partial charge is 0.449 e. The molecule has 0 aromatic carbocycles. The predicted molar refractivity (Wildman–Crippen MR) is 81.6 cm³/mol. The SMILES string of the molecule is CO[C@@]12[C@H](COC(N)=O)C3=C(C(=O)C(C)=C(C)C3=O)N1C[C@@H]1N[C@@H]12. The molecule has 1 aliphatic carbocycles. The number of primary amides is 1. The number of Topliss-reactive ketones (excluding diaryl/α,β-unsaturated/α-hetero) is 2. The molecule has 8 heteroatoms. The molecule has 3 heterocycles. The third-order valence-electron chi connectivity index (χ3n) is 5.73. The van der Waals surface area contributed by atoms with Crippen molar-refractivity contribution in [1.29, 1.82) is 0 Å². The molecule has 3 N–H and O–H groups in total. The number of nitrogens with zero attached hydrogens (tertiary/aromatic N) is 1. The average molecular weight is 333 g/mol. The summed E-state index contributed by atoms with van der Waals surface area (Å²) in [6, 6.07) is 0.182. The van der Waals surface area contributed by atoms with Crippen molar-refractivity contribution in [1.82, 2.24) is 10.2 Å². The molecule has 0 radical (unpaired) electrons. The van der Waals surface area contributed by atoms with Crippen LogP contribution in [0, 0.1) is 5.92 Å². The lowest BCUT2D eigenvalue weighted by Crippen LogP contribution is -2.55. The van der Waals surface area contributed by atoms with E-state index in [0.29, 0.717) is 29.0 Å². The molecule has 0 aromatic rings. The molecule has 4 aliphatic rings. The van der Waals surface area contributed by atoms with Gasteiger partial charge in [0, 0.05) is 36.4 Å². The first-order chi connectivity index (χ1) is 11.3. The van der Waals surface area contributed by atoms with Crippen LogP contribution >= 0.6 is 0 Å². The molecule has 3 aliphatic heterocycles. The Morgan fingerprint density at radius 2 is 2.00 bits per heavy atom. The van der Waals surface area contributed by atoms with Gasteiger partial charge in [-0.25, -0.2) is 4.79 Å². The third-order valence-corrected chi connectivity index (χ3v) is 5.73. The minimum absolute atomic E-state index is 0.0178. The van der Waals surface area contributed by atoms with Crippen LogP contribution in [0.4, 0.5) is 4.79 Å². The van der Waals surface area contributed by atoms with Crippen molar-refractivity contribution >= 4 is 17.7 Å². The van der Waals surface area contributed by atoms with E-state index in [9.17, 15) is 14.4 Å². The minimum atomic E-state index is -0.918. The van der Waals surface area contributed by atoms with Gasteiger partial charge >= 0.3 is 6.09 Å². The molecule has 24 heavy (non-hydrogen) atoms. The third kappa shape index (κ3) is 1.62. The molecule has 2 fully saturated rings. The Kier molecular flexibility index (Phi) is 2.99. The van der Waals surface area contributed by atoms with Gasteiger partial charge in [0.05, 0.1) is 17.7 Å². The van der Waals surface area contributed by atoms with Crippen LogP contribution in [0.5, 0.6) is 0 Å². The number of methoxy groups -OCH3 is 1. The number of carbonyl (C=O) groups is 3. The zero-order valence-electron chi connectivity index (χ0n) is 13.7. The fourth-order valence-corrected chi connectivity index (χ4v) is 4.41. The molecule has 8 nitrogen and oxygen atoms in total. The van der Waals surface area contributed by atoms with E-state index in [1.165, 1.54) is 0 Å². The van der Waals surface area contributed by atoms with E-state index < -0.39 is 17.7 Å². The molecule has 0 unspecified atom stereocenters. The second-order valence-corrected chi connectivity index (χ2v) is 6.67. The minimum Gasteiger partial charge on any atom is -0.449 e. The highest BCUT2D eigenvalue weighted by atomic mass is 16.6. The van der Waals surface area contributed by atoms with Crippen LogP contribution in [-0.4, -0.2) is 60.6 Å². The van der Waals surface area contributed by atoms with Crippen molar-refractivity contribution in [2.24, 2.45) is 11.7 Å². The summed E-state index contributed by atoms with van der Waals surface area (Å²) in [5.74, 6) is -0.913. The molecule has 0 saturated carbocycles. The lowest BCUT2D eigenvalue weighted by molar-refractivity contribution is -0.137. The van der Waals surface area contributed by atoms with Crippen molar-refractivity contribution in [3.8, 4) is 0 Å². The topological polar surface area (TPSA) is 121 Å². The highest BCUT2D eigenvalue weighted by molar-refractivity contribution is 6.25. The summed E-state index contributed by atoms with van der Waals surface area (Å²) in [4.78, 5) is 38.7. The first-order valence-electron chi connectivity index (χ1n) is 7.86. The van der Waals surface area contributed by atoms with Gasteiger partial charge in [-0.1, -0.05) is 0 Å². The van der Waals surface area contributed by atoms with Gasteiger partial charge in [0.15, 0.2) is 11.5 Å². The van der Waals surface area contributed by atoms with Crippen molar-refractivity contribution in [2.45, 2.75) is 31.7 Å². The molecule has 0 spiro atoms. The zero-order valence-corrected chi connectivity index (χ0v) is 13.7. The second-order valence-electron chi connectivity index (χ2n) is 6.67. The predicted octanol–water partition coefficient (Wildman–Crippen LogP) is -0.547. The normalized spacial score (nSPS) is 36.8. The molecule has 0 bridgehead atoms. The fourth-order valence-electron chi connectivity index (χ4n) is 4.41. The van der Waals surface area contributed by atoms with E-state index in [0.717, 1.165) is 0 Å². The summed E-state index contributed by atoms with van der Waals surface area (Å²) < 4.78 is 10.9. The van der Waals surface area contributed by atoms with Crippen LogP contribution in [0.1, 0.15) is 13.8 Å². The van der Waals surface area contributed by atoms with Gasteiger partial charge in [-0.2, -0.15) is 0 Å². The van der Waals surface area contributed by atoms with Gasteiger partial charge < -0.3 is 25.4 Å². The van der Waals surface area contributed by atoms with Gasteiger partial charge in [0.25, 0.3) is 0 Å². The van der Waals surface area contributed by atoms with E-state index in [4.69, 9.17) is 15.2 Å². The molecule has 1 amide bonds. The van der Waals surface area contributed by atoms with Gasteiger partial charge in [-0.3, -0.25) is 9.59 Å². The number of amides is 1. The maximum absolute atomic E-state index is 12.9. The summed E-state index contributed by atoms with van der Waals surface area (Å²) in [6.45, 7) is 3.78. The number of carbonyl (C=O) groups excluding carboxylic acids is 3. The van der Waals surface area contributed by atoms with Gasteiger partial charge in [0.1, 0.15) is 6.61 Å². The molecule has 0 aromatic heterocycles. The molecule has 4 rings (SSSR count). The van der Waals surface area contributed by atoms with Crippen molar-refractivity contribution in [3.63, 3.8) is 0 Å². The van der Waals surface area contributed by atoms with Gasteiger partial charge in [-0.15, -0.1) is 0 Å². The van der Waals surface area contributed by atoms with E-state index in [1.54, 1.807) is 21.0 Å². The maximum Gasteiger partial charge on any atom is 0.404 e. The maximum atomic E-state index is 12.9. The number of allylic oxidation sites excluding steroid dienone is 2. The number of nitrogens with one attached hydrogen (secondary N) is 1. The van der Waals surface area contributed by atoms with Crippen LogP contribution < -0.4 is 11.1 Å². The molecule has 128 valence electrons. The van der Waals surface area contributed by atoms with Crippen molar-refractivity contribution in [3.05, 3.63) is 22.4 Å². The fraction of sp³-hybridized carbons (Fsp3) is 0.562.